The first-order chi connectivity index (χ1) is 12.5. The molecule has 6 heteroatoms. The van der Waals surface area contributed by atoms with Crippen LogP contribution in [0, 0.1) is 25.2 Å². The van der Waals surface area contributed by atoms with Gasteiger partial charge in [-0.3, -0.25) is 0 Å². The third-order valence-corrected chi connectivity index (χ3v) is 5.66. The monoisotopic (exact) mass is 399 g/mol. The van der Waals surface area contributed by atoms with Crippen LogP contribution < -0.4 is 5.32 Å². The van der Waals surface area contributed by atoms with E-state index < -0.39 is 0 Å². The molecule has 0 aliphatic carbocycles. The normalized spacial score (nSPS) is 11.3. The number of anilines is 1. The highest BCUT2D eigenvalue weighted by molar-refractivity contribution is 7.11. The Morgan fingerprint density at radius 2 is 2.00 bits per heavy atom. The summed E-state index contributed by atoms with van der Waals surface area (Å²) >= 11 is 13.4. The molecular weight excluding hydrogens is 385 g/mol. The summed E-state index contributed by atoms with van der Waals surface area (Å²) in [7, 11) is 0. The van der Waals surface area contributed by atoms with Crippen LogP contribution in [0.25, 0.3) is 16.8 Å². The summed E-state index contributed by atoms with van der Waals surface area (Å²) in [6.45, 7) is 4.10. The summed E-state index contributed by atoms with van der Waals surface area (Å²) in [6, 6.07) is 13.6. The molecule has 3 nitrogen and oxygen atoms in total. The van der Waals surface area contributed by atoms with Gasteiger partial charge in [-0.25, -0.2) is 4.98 Å². The summed E-state index contributed by atoms with van der Waals surface area (Å²) in [5, 5.41) is 16.2. The van der Waals surface area contributed by atoms with E-state index in [4.69, 9.17) is 23.2 Å². The first kappa shape index (κ1) is 18.5. The highest BCUT2D eigenvalue weighted by Crippen LogP contribution is 2.31. The largest absolute Gasteiger partial charge is 0.360 e. The molecule has 0 spiro atoms. The lowest BCUT2D eigenvalue weighted by molar-refractivity contribution is 1.33. The van der Waals surface area contributed by atoms with Crippen molar-refractivity contribution in [3.63, 3.8) is 0 Å². The van der Waals surface area contributed by atoms with E-state index in [-0.39, 0.29) is 0 Å². The molecule has 0 bridgehead atoms. The second-order valence-electron chi connectivity index (χ2n) is 5.73. The zero-order valence-corrected chi connectivity index (χ0v) is 16.5. The molecule has 3 aromatic rings. The number of nitriles is 1. The van der Waals surface area contributed by atoms with Gasteiger partial charge in [0.1, 0.15) is 16.6 Å². The van der Waals surface area contributed by atoms with Crippen LogP contribution in [0.1, 0.15) is 16.1 Å². The summed E-state index contributed by atoms with van der Waals surface area (Å²) in [6.07, 6.45) is 1.69. The Morgan fingerprint density at radius 3 is 2.73 bits per heavy atom. The van der Waals surface area contributed by atoms with Crippen LogP contribution in [0.15, 0.2) is 48.0 Å². The Hall–Kier alpha value is -2.32. The smallest absolute Gasteiger partial charge is 0.136 e. The molecule has 1 aromatic heterocycles. The van der Waals surface area contributed by atoms with E-state index in [0.29, 0.717) is 20.6 Å². The number of thiazole rings is 1. The van der Waals surface area contributed by atoms with Crippen LogP contribution in [-0.2, 0) is 0 Å². The lowest BCUT2D eigenvalue weighted by atomic mass is 10.1. The van der Waals surface area contributed by atoms with Crippen molar-refractivity contribution in [2.75, 3.05) is 5.32 Å². The molecule has 26 heavy (non-hydrogen) atoms. The molecule has 0 fully saturated rings. The van der Waals surface area contributed by atoms with Gasteiger partial charge in [0.15, 0.2) is 0 Å². The van der Waals surface area contributed by atoms with Gasteiger partial charge in [-0.2, -0.15) is 5.26 Å². The van der Waals surface area contributed by atoms with E-state index in [9.17, 15) is 5.26 Å². The summed E-state index contributed by atoms with van der Waals surface area (Å²) in [4.78, 5) is 4.56. The molecule has 0 radical (unpaired) electrons. The lowest BCUT2D eigenvalue weighted by Gasteiger charge is -2.08. The average molecular weight is 400 g/mol. The molecule has 3 rings (SSSR count). The van der Waals surface area contributed by atoms with Crippen LogP contribution >= 0.6 is 34.5 Å². The fourth-order valence-electron chi connectivity index (χ4n) is 2.38. The number of benzene rings is 2. The number of nitrogens with one attached hydrogen (secondary N) is 1. The van der Waals surface area contributed by atoms with E-state index in [2.05, 4.69) is 29.4 Å². The minimum absolute atomic E-state index is 0.474. The number of aromatic nitrogens is 1. The van der Waals surface area contributed by atoms with Crippen LogP contribution in [-0.4, -0.2) is 4.98 Å². The van der Waals surface area contributed by atoms with Crippen LogP contribution in [0.2, 0.25) is 10.0 Å². The molecule has 0 amide bonds. The number of allylic oxidation sites excluding steroid dienone is 1. The molecule has 130 valence electrons. The van der Waals surface area contributed by atoms with Gasteiger partial charge in [0.2, 0.25) is 0 Å². The highest BCUT2D eigenvalue weighted by atomic mass is 35.5. The van der Waals surface area contributed by atoms with Gasteiger partial charge in [0, 0.05) is 22.8 Å². The second-order valence-corrected chi connectivity index (χ2v) is 7.40. The molecule has 0 saturated carbocycles. The van der Waals surface area contributed by atoms with Crippen molar-refractivity contribution >= 4 is 45.8 Å². The predicted molar refractivity (Wildman–Crippen MR) is 111 cm³/mol. The minimum Gasteiger partial charge on any atom is -0.360 e. The number of hydrogen-bond acceptors (Lipinski definition) is 4. The number of hydrogen-bond donors (Lipinski definition) is 1. The molecule has 0 atom stereocenters. The van der Waals surface area contributed by atoms with E-state index in [1.165, 1.54) is 16.9 Å². The van der Waals surface area contributed by atoms with Crippen molar-refractivity contribution in [2.24, 2.45) is 0 Å². The van der Waals surface area contributed by atoms with Gasteiger partial charge in [-0.05, 0) is 43.2 Å². The van der Waals surface area contributed by atoms with Gasteiger partial charge < -0.3 is 5.32 Å². The quantitative estimate of drug-likeness (QED) is 0.495. The van der Waals surface area contributed by atoms with Gasteiger partial charge in [-0.1, -0.05) is 41.4 Å². The minimum atomic E-state index is 0.474. The molecule has 0 aliphatic heterocycles. The topological polar surface area (TPSA) is 48.7 Å². The third kappa shape index (κ3) is 3.91. The predicted octanol–water partition coefficient (Wildman–Crippen LogP) is 6.71. The first-order valence-electron chi connectivity index (χ1n) is 7.84. The average Bonchev–Trinajstić information content (AvgIpc) is 3.11. The van der Waals surface area contributed by atoms with Crippen molar-refractivity contribution in [1.82, 2.24) is 4.98 Å². The Morgan fingerprint density at radius 1 is 1.19 bits per heavy atom. The van der Waals surface area contributed by atoms with Crippen LogP contribution in [0.5, 0.6) is 0 Å². The maximum atomic E-state index is 9.51. The van der Waals surface area contributed by atoms with E-state index in [1.54, 1.807) is 18.3 Å². The fraction of sp³-hybridized carbons (Fsp3) is 0.100. The lowest BCUT2D eigenvalue weighted by Crippen LogP contribution is -1.95. The van der Waals surface area contributed by atoms with Gasteiger partial charge in [-0.15, -0.1) is 11.3 Å². The Kier molecular flexibility index (Phi) is 5.63. The van der Waals surface area contributed by atoms with Gasteiger partial charge in [0.05, 0.1) is 15.7 Å². The number of rotatable bonds is 4. The van der Waals surface area contributed by atoms with Crippen LogP contribution in [0.4, 0.5) is 5.69 Å². The fourth-order valence-corrected chi connectivity index (χ4v) is 3.48. The molecule has 0 saturated heterocycles. The number of nitrogens with zero attached hydrogens (tertiary/aromatic N) is 2. The zero-order chi connectivity index (χ0) is 18.7. The van der Waals surface area contributed by atoms with E-state index >= 15 is 0 Å². The van der Waals surface area contributed by atoms with Gasteiger partial charge in [0.25, 0.3) is 0 Å². The summed E-state index contributed by atoms with van der Waals surface area (Å²) < 4.78 is 0. The van der Waals surface area contributed by atoms with E-state index in [1.807, 2.05) is 30.5 Å². The molecular formula is C20H15Cl2N3S. The first-order valence-corrected chi connectivity index (χ1v) is 9.47. The van der Waals surface area contributed by atoms with Crippen molar-refractivity contribution in [3.8, 4) is 17.3 Å². The molecule has 1 N–H and O–H groups in total. The summed E-state index contributed by atoms with van der Waals surface area (Å²) in [5.74, 6) is 0. The molecule has 0 aliphatic rings. The number of halogens is 2. The molecule has 0 unspecified atom stereocenters. The van der Waals surface area contributed by atoms with Gasteiger partial charge >= 0.3 is 0 Å². The van der Waals surface area contributed by atoms with Crippen molar-refractivity contribution in [1.29, 1.82) is 5.26 Å². The second kappa shape index (κ2) is 7.92. The zero-order valence-electron chi connectivity index (χ0n) is 14.2. The Bertz CT molecular complexity index is 1030. The van der Waals surface area contributed by atoms with Crippen molar-refractivity contribution < 1.29 is 0 Å². The summed E-state index contributed by atoms with van der Waals surface area (Å²) in [5.41, 5.74) is 5.41. The number of aryl methyl sites for hydroxylation is 1. The Labute approximate surface area is 166 Å². The molecule has 2 aromatic carbocycles. The standard InChI is InChI=1S/C20H15Cl2N3S/c1-12-4-3-5-18(13(12)2)24-10-15(9-23)20-25-19(11-26-20)14-6-7-16(21)17(22)8-14/h3-8,10-11,24H,1-2H3. The maximum Gasteiger partial charge on any atom is 0.136 e. The SMILES string of the molecule is Cc1cccc(NC=C(C#N)c2nc(-c3ccc(Cl)c(Cl)c3)cs2)c1C. The van der Waals surface area contributed by atoms with E-state index in [0.717, 1.165) is 22.5 Å². The van der Waals surface area contributed by atoms with Crippen LogP contribution in [0.3, 0.4) is 0 Å². The Balaban J connectivity index is 1.87. The van der Waals surface area contributed by atoms with Crippen molar-refractivity contribution in [3.05, 3.63) is 74.2 Å². The maximum absolute atomic E-state index is 9.51. The van der Waals surface area contributed by atoms with Crippen molar-refractivity contribution in [2.45, 2.75) is 13.8 Å². The third-order valence-electron chi connectivity index (χ3n) is 4.05. The molecule has 1 heterocycles. The highest BCUT2D eigenvalue weighted by Gasteiger charge is 2.10.